The van der Waals surface area contributed by atoms with E-state index in [4.69, 9.17) is 28.4 Å². The third-order valence-corrected chi connectivity index (χ3v) is 6.28. The highest BCUT2D eigenvalue weighted by molar-refractivity contribution is 5.73. The number of phenols is 1. The lowest BCUT2D eigenvalue weighted by Gasteiger charge is -2.38. The zero-order valence-electron chi connectivity index (χ0n) is 19.8. The number of phenolic OH excluding ortho intramolecular Hbond substituents is 1. The second kappa shape index (κ2) is 10.3. The summed E-state index contributed by atoms with van der Waals surface area (Å²) in [6.07, 6.45) is -8.07. The van der Waals surface area contributed by atoms with Crippen molar-refractivity contribution >= 4 is 5.97 Å². The van der Waals surface area contributed by atoms with Gasteiger partial charge in [-0.05, 0) is 24.1 Å². The van der Waals surface area contributed by atoms with Crippen molar-refractivity contribution in [2.24, 2.45) is 0 Å². The highest BCUT2D eigenvalue weighted by Gasteiger charge is 2.48. The Morgan fingerprint density at radius 1 is 0.972 bits per heavy atom. The Bertz CT molecular complexity index is 1120. The van der Waals surface area contributed by atoms with E-state index >= 15 is 0 Å². The van der Waals surface area contributed by atoms with Crippen molar-refractivity contribution in [3.63, 3.8) is 0 Å². The number of hydrogen-bond acceptors (Lipinski definition) is 11. The minimum atomic E-state index is -1.81. The van der Waals surface area contributed by atoms with Crippen LogP contribution < -0.4 is 23.7 Å². The van der Waals surface area contributed by atoms with Gasteiger partial charge in [-0.15, -0.1) is 0 Å². The topological polar surface area (TPSA) is 174 Å². The van der Waals surface area contributed by atoms with Crippen molar-refractivity contribution in [2.45, 2.75) is 43.0 Å². The molecule has 0 unspecified atom stereocenters. The standard InChI is InChI=1S/C24H28O12/c1-31-15-8-13(16(25)21(33-3)20(15)32-2)11-6-10-4-5-12(7-14(10)34-9-11)35-24-19(28)17(26)18(27)22(36-24)23(29)30/h4-5,7-8,11,17-19,22,24-28H,6,9H2,1-3H3,(H,29,30)/t11-,17+,18+,19-,22+,24-/m1/s1. The molecule has 0 radical (unpaired) electrons. The lowest BCUT2D eigenvalue weighted by atomic mass is 9.89. The van der Waals surface area contributed by atoms with Crippen LogP contribution in [0, 0.1) is 0 Å². The van der Waals surface area contributed by atoms with Crippen LogP contribution in [0.1, 0.15) is 17.0 Å². The van der Waals surface area contributed by atoms with Crippen molar-refractivity contribution in [1.82, 2.24) is 0 Å². The van der Waals surface area contributed by atoms with E-state index in [1.807, 2.05) is 0 Å². The van der Waals surface area contributed by atoms with Crippen LogP contribution in [0.2, 0.25) is 0 Å². The molecule has 2 aliphatic rings. The summed E-state index contributed by atoms with van der Waals surface area (Å²) >= 11 is 0. The van der Waals surface area contributed by atoms with Gasteiger partial charge in [-0.1, -0.05) is 6.07 Å². The first-order valence-corrected chi connectivity index (χ1v) is 11.1. The average Bonchev–Trinajstić information content (AvgIpc) is 2.88. The van der Waals surface area contributed by atoms with Gasteiger partial charge in [0.05, 0.1) is 27.9 Å². The molecule has 4 rings (SSSR count). The number of carboxylic acid groups (broad SMARTS) is 1. The van der Waals surface area contributed by atoms with E-state index in [2.05, 4.69) is 0 Å². The molecule has 12 nitrogen and oxygen atoms in total. The number of carboxylic acids is 1. The summed E-state index contributed by atoms with van der Waals surface area (Å²) in [5.74, 6) is -0.323. The monoisotopic (exact) mass is 508 g/mol. The van der Waals surface area contributed by atoms with Gasteiger partial charge in [0.15, 0.2) is 17.6 Å². The molecule has 0 amide bonds. The van der Waals surface area contributed by atoms with Crippen LogP contribution in [-0.2, 0) is 16.0 Å². The number of fused-ring (bicyclic) bond motifs is 1. The van der Waals surface area contributed by atoms with Crippen molar-refractivity contribution in [3.8, 4) is 34.5 Å². The smallest absolute Gasteiger partial charge is 0.335 e. The summed E-state index contributed by atoms with van der Waals surface area (Å²) in [6.45, 7) is 0.206. The fourth-order valence-corrected chi connectivity index (χ4v) is 4.38. The highest BCUT2D eigenvalue weighted by atomic mass is 16.7. The molecule has 2 aromatic carbocycles. The van der Waals surface area contributed by atoms with Crippen molar-refractivity contribution in [1.29, 1.82) is 0 Å². The summed E-state index contributed by atoms with van der Waals surface area (Å²) in [5, 5.41) is 50.0. The molecular weight excluding hydrogens is 480 g/mol. The van der Waals surface area contributed by atoms with Gasteiger partial charge in [-0.25, -0.2) is 4.79 Å². The van der Waals surface area contributed by atoms with Crippen LogP contribution in [0.25, 0.3) is 0 Å². The van der Waals surface area contributed by atoms with Gasteiger partial charge in [0, 0.05) is 17.5 Å². The molecule has 0 saturated carbocycles. The van der Waals surface area contributed by atoms with E-state index in [-0.39, 0.29) is 35.5 Å². The molecule has 6 atom stereocenters. The number of aromatic hydroxyl groups is 1. The molecule has 1 saturated heterocycles. The number of methoxy groups -OCH3 is 3. The van der Waals surface area contributed by atoms with Crippen LogP contribution in [0.3, 0.4) is 0 Å². The van der Waals surface area contributed by atoms with Crippen LogP contribution in [-0.4, -0.2) is 90.1 Å². The Hall–Kier alpha value is -3.45. The van der Waals surface area contributed by atoms with E-state index in [9.17, 15) is 30.3 Å². The van der Waals surface area contributed by atoms with E-state index in [1.54, 1.807) is 24.3 Å². The lowest BCUT2D eigenvalue weighted by Crippen LogP contribution is -2.61. The summed E-state index contributed by atoms with van der Waals surface area (Å²) in [7, 11) is 4.35. The SMILES string of the molecule is COc1cc([C@H]2COc3cc(O[C@@H]4O[C@H](C(=O)O)[C@@H](O)[C@H](O)[C@H]4O)ccc3C2)c(O)c(OC)c1OC. The van der Waals surface area contributed by atoms with Crippen molar-refractivity contribution in [3.05, 3.63) is 35.4 Å². The fourth-order valence-electron chi connectivity index (χ4n) is 4.38. The van der Waals surface area contributed by atoms with Gasteiger partial charge >= 0.3 is 5.97 Å². The first-order valence-electron chi connectivity index (χ1n) is 11.1. The summed E-state index contributed by atoms with van der Waals surface area (Å²) < 4.78 is 32.7. The van der Waals surface area contributed by atoms with Gasteiger partial charge in [-0.2, -0.15) is 0 Å². The van der Waals surface area contributed by atoms with Crippen LogP contribution >= 0.6 is 0 Å². The normalized spacial score (nSPS) is 27.4. The molecule has 196 valence electrons. The maximum Gasteiger partial charge on any atom is 0.335 e. The zero-order chi connectivity index (χ0) is 26.1. The van der Waals surface area contributed by atoms with Crippen molar-refractivity contribution in [2.75, 3.05) is 27.9 Å². The second-order valence-corrected chi connectivity index (χ2v) is 8.42. The van der Waals surface area contributed by atoms with Gasteiger partial charge in [0.1, 0.15) is 29.8 Å². The molecule has 2 aliphatic heterocycles. The number of benzene rings is 2. The van der Waals surface area contributed by atoms with Gasteiger partial charge in [-0.3, -0.25) is 0 Å². The number of aliphatic carboxylic acids is 1. The Morgan fingerprint density at radius 3 is 2.33 bits per heavy atom. The highest BCUT2D eigenvalue weighted by Crippen LogP contribution is 2.49. The Morgan fingerprint density at radius 2 is 1.69 bits per heavy atom. The van der Waals surface area contributed by atoms with E-state index in [0.717, 1.165) is 5.56 Å². The van der Waals surface area contributed by atoms with Crippen molar-refractivity contribution < 1.29 is 58.7 Å². The molecular formula is C24H28O12. The van der Waals surface area contributed by atoms with E-state index in [1.165, 1.54) is 21.3 Å². The van der Waals surface area contributed by atoms with Gasteiger partial charge in [0.25, 0.3) is 0 Å². The molecule has 12 heteroatoms. The first kappa shape index (κ1) is 25.6. The number of hydrogen-bond donors (Lipinski definition) is 5. The second-order valence-electron chi connectivity index (χ2n) is 8.42. The van der Waals surface area contributed by atoms with E-state index < -0.39 is 36.7 Å². The fraction of sp³-hybridized carbons (Fsp3) is 0.458. The molecule has 1 fully saturated rings. The average molecular weight is 508 g/mol. The summed E-state index contributed by atoms with van der Waals surface area (Å²) in [4.78, 5) is 11.3. The molecule has 0 aromatic heterocycles. The number of aliphatic hydroxyl groups excluding tert-OH is 3. The lowest BCUT2D eigenvalue weighted by molar-refractivity contribution is -0.271. The van der Waals surface area contributed by atoms with E-state index in [0.29, 0.717) is 23.5 Å². The third kappa shape index (κ3) is 4.55. The summed E-state index contributed by atoms with van der Waals surface area (Å²) in [5.41, 5.74) is 1.36. The molecule has 0 aliphatic carbocycles. The van der Waals surface area contributed by atoms with Gasteiger partial charge < -0.3 is 54.0 Å². The minimum Gasteiger partial charge on any atom is -0.504 e. The molecule has 0 bridgehead atoms. The predicted octanol–water partition coefficient (Wildman–Crippen LogP) is 0.408. The number of aliphatic hydroxyl groups is 3. The zero-order valence-corrected chi connectivity index (χ0v) is 19.8. The molecule has 5 N–H and O–H groups in total. The quantitative estimate of drug-likeness (QED) is 0.349. The largest absolute Gasteiger partial charge is 0.504 e. The minimum absolute atomic E-state index is 0.0793. The number of ether oxygens (including phenoxy) is 6. The van der Waals surface area contributed by atoms with Crippen LogP contribution in [0.15, 0.2) is 24.3 Å². The van der Waals surface area contributed by atoms with Gasteiger partial charge in [0.2, 0.25) is 17.8 Å². The molecule has 0 spiro atoms. The predicted molar refractivity (Wildman–Crippen MR) is 121 cm³/mol. The maximum atomic E-state index is 11.3. The first-order chi connectivity index (χ1) is 17.2. The Balaban J connectivity index is 1.54. The maximum absolute atomic E-state index is 11.3. The third-order valence-electron chi connectivity index (χ3n) is 6.28. The number of rotatable bonds is 7. The molecule has 2 heterocycles. The summed E-state index contributed by atoms with van der Waals surface area (Å²) in [6, 6.07) is 6.52. The van der Waals surface area contributed by atoms with Crippen LogP contribution in [0.5, 0.6) is 34.5 Å². The molecule has 2 aromatic rings. The Labute approximate surface area is 206 Å². The Kier molecular flexibility index (Phi) is 7.31. The molecule has 36 heavy (non-hydrogen) atoms. The van der Waals surface area contributed by atoms with Crippen LogP contribution in [0.4, 0.5) is 0 Å². The number of carbonyl (C=O) groups is 1.